The molecule has 0 radical (unpaired) electrons. The second-order valence-electron chi connectivity index (χ2n) is 5.12. The molecule has 0 amide bonds. The van der Waals surface area contributed by atoms with Crippen LogP contribution in [-0.4, -0.2) is 23.2 Å². The molecule has 94 valence electrons. The van der Waals surface area contributed by atoms with E-state index in [9.17, 15) is 4.79 Å². The molecule has 0 spiro atoms. The van der Waals surface area contributed by atoms with Gasteiger partial charge in [-0.25, -0.2) is 0 Å². The molecule has 0 aliphatic heterocycles. The van der Waals surface area contributed by atoms with Crippen molar-refractivity contribution in [3.05, 3.63) is 0 Å². The van der Waals surface area contributed by atoms with Crippen molar-refractivity contribution in [2.75, 3.05) is 0 Å². The minimum atomic E-state index is -0.702. The molecule has 16 heavy (non-hydrogen) atoms. The van der Waals surface area contributed by atoms with Crippen molar-refractivity contribution in [3.8, 4) is 0 Å². The first kappa shape index (κ1) is 13.5. The van der Waals surface area contributed by atoms with E-state index in [0.29, 0.717) is 6.04 Å². The normalized spacial score (nSPS) is 19.4. The molecule has 1 fully saturated rings. The molecule has 0 bridgehead atoms. The van der Waals surface area contributed by atoms with Crippen LogP contribution in [0.4, 0.5) is 0 Å². The molecule has 2 unspecified atom stereocenters. The van der Waals surface area contributed by atoms with Crippen LogP contribution >= 0.6 is 0 Å². The fourth-order valence-electron chi connectivity index (χ4n) is 2.01. The summed E-state index contributed by atoms with van der Waals surface area (Å²) < 4.78 is 0. The summed E-state index contributed by atoms with van der Waals surface area (Å²) in [5.41, 5.74) is 0. The lowest BCUT2D eigenvalue weighted by Crippen LogP contribution is -2.42. The van der Waals surface area contributed by atoms with E-state index in [1.165, 1.54) is 19.3 Å². The fraction of sp³-hybridized carbons (Fsp3) is 0.923. The van der Waals surface area contributed by atoms with Crippen LogP contribution in [0.15, 0.2) is 0 Å². The minimum absolute atomic E-state index is 0.332. The first-order valence-electron chi connectivity index (χ1n) is 6.62. The summed E-state index contributed by atoms with van der Waals surface area (Å²) in [6.07, 6.45) is 7.92. The Hall–Kier alpha value is -0.570. The summed E-state index contributed by atoms with van der Waals surface area (Å²) in [4.78, 5) is 11.0. The molecular weight excluding hydrogens is 202 g/mol. The van der Waals surface area contributed by atoms with Gasteiger partial charge in [-0.2, -0.15) is 0 Å². The van der Waals surface area contributed by atoms with Gasteiger partial charge in [-0.15, -0.1) is 0 Å². The second kappa shape index (κ2) is 6.89. The van der Waals surface area contributed by atoms with E-state index in [1.807, 2.05) is 0 Å². The average molecular weight is 227 g/mol. The van der Waals surface area contributed by atoms with Crippen molar-refractivity contribution in [1.29, 1.82) is 0 Å². The van der Waals surface area contributed by atoms with Crippen molar-refractivity contribution >= 4 is 5.97 Å². The highest BCUT2D eigenvalue weighted by atomic mass is 16.4. The van der Waals surface area contributed by atoms with Crippen LogP contribution < -0.4 is 5.32 Å². The highest BCUT2D eigenvalue weighted by Gasteiger charge is 2.23. The number of hydrogen-bond donors (Lipinski definition) is 2. The molecule has 3 heteroatoms. The minimum Gasteiger partial charge on any atom is -0.480 e. The quantitative estimate of drug-likeness (QED) is 0.637. The van der Waals surface area contributed by atoms with Crippen LogP contribution in [0, 0.1) is 5.92 Å². The van der Waals surface area contributed by atoms with Crippen LogP contribution in [0.2, 0.25) is 0 Å². The van der Waals surface area contributed by atoms with Gasteiger partial charge in [0.1, 0.15) is 6.04 Å². The lowest BCUT2D eigenvalue weighted by molar-refractivity contribution is -0.139. The first-order chi connectivity index (χ1) is 7.63. The lowest BCUT2D eigenvalue weighted by atomic mass is 10.1. The molecule has 3 nitrogen and oxygen atoms in total. The van der Waals surface area contributed by atoms with Crippen molar-refractivity contribution < 1.29 is 9.90 Å². The zero-order valence-corrected chi connectivity index (χ0v) is 10.5. The van der Waals surface area contributed by atoms with E-state index in [4.69, 9.17) is 5.11 Å². The van der Waals surface area contributed by atoms with Crippen LogP contribution in [0.3, 0.4) is 0 Å². The molecule has 0 heterocycles. The summed E-state index contributed by atoms with van der Waals surface area (Å²) >= 11 is 0. The number of rotatable bonds is 9. The van der Waals surface area contributed by atoms with Crippen molar-refractivity contribution in [1.82, 2.24) is 5.32 Å². The average Bonchev–Trinajstić information content (AvgIpc) is 3.04. The van der Waals surface area contributed by atoms with Gasteiger partial charge in [-0.3, -0.25) is 4.79 Å². The second-order valence-corrected chi connectivity index (χ2v) is 5.12. The number of nitrogens with one attached hydrogen (secondary N) is 1. The smallest absolute Gasteiger partial charge is 0.320 e. The Morgan fingerprint density at radius 2 is 2.12 bits per heavy atom. The third-order valence-corrected chi connectivity index (χ3v) is 3.34. The highest BCUT2D eigenvalue weighted by molar-refractivity contribution is 5.73. The molecule has 1 saturated carbocycles. The predicted octanol–water partition coefficient (Wildman–Crippen LogP) is 2.80. The Morgan fingerprint density at radius 1 is 1.44 bits per heavy atom. The van der Waals surface area contributed by atoms with Gasteiger partial charge in [-0.1, -0.05) is 32.6 Å². The predicted molar refractivity (Wildman–Crippen MR) is 65.5 cm³/mol. The van der Waals surface area contributed by atoms with Crippen LogP contribution in [0.25, 0.3) is 0 Å². The largest absolute Gasteiger partial charge is 0.480 e. The topological polar surface area (TPSA) is 49.3 Å². The van der Waals surface area contributed by atoms with Gasteiger partial charge >= 0.3 is 5.97 Å². The van der Waals surface area contributed by atoms with Crippen molar-refractivity contribution in [2.45, 2.75) is 70.9 Å². The maximum absolute atomic E-state index is 11.0. The Labute approximate surface area is 98.6 Å². The number of carbonyl (C=O) groups is 1. The van der Waals surface area contributed by atoms with Gasteiger partial charge in [0.05, 0.1) is 0 Å². The third kappa shape index (κ3) is 5.50. The molecule has 0 aromatic heterocycles. The number of carboxylic acid groups (broad SMARTS) is 1. The van der Waals surface area contributed by atoms with Crippen LogP contribution in [-0.2, 0) is 4.79 Å². The molecule has 2 atom stereocenters. The van der Waals surface area contributed by atoms with Crippen LogP contribution in [0.5, 0.6) is 0 Å². The molecule has 0 aromatic rings. The Kier molecular flexibility index (Phi) is 5.81. The summed E-state index contributed by atoms with van der Waals surface area (Å²) in [6.45, 7) is 4.19. The van der Waals surface area contributed by atoms with E-state index in [1.54, 1.807) is 0 Å². The summed E-state index contributed by atoms with van der Waals surface area (Å²) in [5.74, 6) is 0.231. The number of hydrogen-bond acceptors (Lipinski definition) is 2. The zero-order valence-electron chi connectivity index (χ0n) is 10.5. The van der Waals surface area contributed by atoms with Gasteiger partial charge in [0.25, 0.3) is 0 Å². The fourth-order valence-corrected chi connectivity index (χ4v) is 2.01. The molecule has 1 rings (SSSR count). The molecular formula is C13H25NO2. The summed E-state index contributed by atoms with van der Waals surface area (Å²) in [7, 11) is 0. The van der Waals surface area contributed by atoms with E-state index in [2.05, 4.69) is 19.2 Å². The van der Waals surface area contributed by atoms with Gasteiger partial charge in [0.15, 0.2) is 0 Å². The van der Waals surface area contributed by atoms with Crippen LogP contribution in [0.1, 0.15) is 58.8 Å². The van der Waals surface area contributed by atoms with E-state index >= 15 is 0 Å². The maximum Gasteiger partial charge on any atom is 0.320 e. The number of aliphatic carboxylic acids is 1. The molecule has 0 aromatic carbocycles. The van der Waals surface area contributed by atoms with E-state index < -0.39 is 5.97 Å². The number of unbranched alkanes of at least 4 members (excludes halogenated alkanes) is 1. The van der Waals surface area contributed by atoms with Gasteiger partial charge in [0.2, 0.25) is 0 Å². The van der Waals surface area contributed by atoms with Gasteiger partial charge in [0, 0.05) is 6.04 Å². The van der Waals surface area contributed by atoms with Crippen molar-refractivity contribution in [3.63, 3.8) is 0 Å². The first-order valence-corrected chi connectivity index (χ1v) is 6.62. The monoisotopic (exact) mass is 227 g/mol. The Morgan fingerprint density at radius 3 is 2.62 bits per heavy atom. The molecule has 0 saturated heterocycles. The molecule has 1 aliphatic carbocycles. The zero-order chi connectivity index (χ0) is 12.0. The van der Waals surface area contributed by atoms with Gasteiger partial charge in [-0.05, 0) is 32.1 Å². The van der Waals surface area contributed by atoms with Gasteiger partial charge < -0.3 is 10.4 Å². The summed E-state index contributed by atoms with van der Waals surface area (Å²) in [5, 5.41) is 12.3. The SMILES string of the molecule is CCCCC(NC(C)CCC1CC1)C(=O)O. The highest BCUT2D eigenvalue weighted by Crippen LogP contribution is 2.33. The van der Waals surface area contributed by atoms with Crippen molar-refractivity contribution in [2.24, 2.45) is 5.92 Å². The van der Waals surface area contributed by atoms with E-state index in [-0.39, 0.29) is 6.04 Å². The summed E-state index contributed by atoms with van der Waals surface area (Å²) in [6, 6.07) is -0.0206. The third-order valence-electron chi connectivity index (χ3n) is 3.34. The molecule has 1 aliphatic rings. The maximum atomic E-state index is 11.0. The lowest BCUT2D eigenvalue weighted by Gasteiger charge is -2.20. The Bertz CT molecular complexity index is 214. The number of carboxylic acids is 1. The van der Waals surface area contributed by atoms with E-state index in [0.717, 1.165) is 31.6 Å². The standard InChI is InChI=1S/C13H25NO2/c1-3-4-5-12(13(15)16)14-10(2)6-7-11-8-9-11/h10-12,14H,3-9H2,1-2H3,(H,15,16). The Balaban J connectivity index is 2.19. The molecule has 2 N–H and O–H groups in total.